The van der Waals surface area contributed by atoms with Gasteiger partial charge in [-0.1, -0.05) is 43.6 Å². The number of carboxylic acids is 1. The summed E-state index contributed by atoms with van der Waals surface area (Å²) in [5.41, 5.74) is 0.356. The fraction of sp³-hybridized carbons (Fsp3) is 0.467. The lowest BCUT2D eigenvalue weighted by Crippen LogP contribution is -2.24. The standard InChI is InChI=1S/C15H19Br2NO3/c1-8(15(2,3)4)5-12(19)18-13-10(14(20)21)6-9(16)7-11(13)17/h6-8H,5H2,1-4H3,(H,18,19)(H,20,21). The van der Waals surface area contributed by atoms with Crippen molar-refractivity contribution in [1.82, 2.24) is 0 Å². The van der Waals surface area contributed by atoms with Crippen molar-refractivity contribution in [3.63, 3.8) is 0 Å². The Morgan fingerprint density at radius 2 is 1.86 bits per heavy atom. The maximum atomic E-state index is 12.1. The SMILES string of the molecule is CC(CC(=O)Nc1c(Br)cc(Br)cc1C(=O)O)C(C)(C)C. The third-order valence-corrected chi connectivity index (χ3v) is 4.60. The number of rotatable bonds is 4. The average molecular weight is 421 g/mol. The molecule has 2 N–H and O–H groups in total. The van der Waals surface area contributed by atoms with E-state index in [0.717, 1.165) is 0 Å². The van der Waals surface area contributed by atoms with Gasteiger partial charge in [0.05, 0.1) is 11.3 Å². The van der Waals surface area contributed by atoms with Crippen LogP contribution in [0, 0.1) is 11.3 Å². The van der Waals surface area contributed by atoms with Crippen LogP contribution in [-0.4, -0.2) is 17.0 Å². The fourth-order valence-corrected chi connectivity index (χ4v) is 2.97. The van der Waals surface area contributed by atoms with E-state index in [1.54, 1.807) is 6.07 Å². The molecular weight excluding hydrogens is 402 g/mol. The van der Waals surface area contributed by atoms with Crippen molar-refractivity contribution in [3.05, 3.63) is 26.6 Å². The molecule has 0 aliphatic rings. The zero-order chi connectivity index (χ0) is 16.4. The smallest absolute Gasteiger partial charge is 0.337 e. The van der Waals surface area contributed by atoms with Crippen LogP contribution in [0.25, 0.3) is 0 Å². The zero-order valence-electron chi connectivity index (χ0n) is 12.5. The molecule has 1 rings (SSSR count). The van der Waals surface area contributed by atoms with Crippen LogP contribution in [0.3, 0.4) is 0 Å². The number of carbonyl (C=O) groups is 2. The van der Waals surface area contributed by atoms with Crippen molar-refractivity contribution in [2.75, 3.05) is 5.32 Å². The molecule has 1 aromatic rings. The quantitative estimate of drug-likeness (QED) is 0.726. The second-order valence-electron chi connectivity index (χ2n) is 6.13. The fourth-order valence-electron chi connectivity index (χ4n) is 1.64. The van der Waals surface area contributed by atoms with Gasteiger partial charge in [0.15, 0.2) is 0 Å². The second-order valence-corrected chi connectivity index (χ2v) is 7.90. The van der Waals surface area contributed by atoms with E-state index in [-0.39, 0.29) is 28.5 Å². The summed E-state index contributed by atoms with van der Waals surface area (Å²) in [4.78, 5) is 23.4. The molecule has 0 fully saturated rings. The van der Waals surface area contributed by atoms with Gasteiger partial charge in [0.1, 0.15) is 0 Å². The number of carboxylic acid groups (broad SMARTS) is 1. The Balaban J connectivity index is 2.98. The predicted molar refractivity (Wildman–Crippen MR) is 90.7 cm³/mol. The number of benzene rings is 1. The molecule has 6 heteroatoms. The monoisotopic (exact) mass is 419 g/mol. The van der Waals surface area contributed by atoms with Crippen LogP contribution >= 0.6 is 31.9 Å². The summed E-state index contributed by atoms with van der Waals surface area (Å²) in [5, 5.41) is 11.9. The normalized spacial score (nSPS) is 12.9. The molecule has 4 nitrogen and oxygen atoms in total. The molecule has 1 unspecified atom stereocenters. The van der Waals surface area contributed by atoms with Crippen LogP contribution in [0.5, 0.6) is 0 Å². The number of amides is 1. The lowest BCUT2D eigenvalue weighted by atomic mass is 9.80. The molecule has 0 aliphatic heterocycles. The number of aromatic carboxylic acids is 1. The summed E-state index contributed by atoms with van der Waals surface area (Å²) < 4.78 is 1.17. The molecule has 116 valence electrons. The van der Waals surface area contributed by atoms with E-state index in [1.165, 1.54) is 6.07 Å². The molecule has 0 spiro atoms. The molecule has 1 amide bonds. The minimum absolute atomic E-state index is 0.0178. The summed E-state index contributed by atoms with van der Waals surface area (Å²) in [5.74, 6) is -1.10. The lowest BCUT2D eigenvalue weighted by Gasteiger charge is -2.26. The van der Waals surface area contributed by atoms with Gasteiger partial charge in [0.2, 0.25) is 5.91 Å². The molecule has 0 saturated carbocycles. The highest BCUT2D eigenvalue weighted by Crippen LogP contribution is 2.32. The Morgan fingerprint density at radius 1 is 1.29 bits per heavy atom. The van der Waals surface area contributed by atoms with Gasteiger partial charge in [0.25, 0.3) is 0 Å². The Hall–Kier alpha value is -0.880. The van der Waals surface area contributed by atoms with Crippen molar-refractivity contribution >= 4 is 49.4 Å². The van der Waals surface area contributed by atoms with E-state index >= 15 is 0 Å². The minimum Gasteiger partial charge on any atom is -0.478 e. The first kappa shape index (κ1) is 18.2. The molecule has 1 atom stereocenters. The van der Waals surface area contributed by atoms with Crippen LogP contribution in [0.1, 0.15) is 44.5 Å². The van der Waals surface area contributed by atoms with Gasteiger partial charge in [-0.2, -0.15) is 0 Å². The molecule has 0 aliphatic carbocycles. The second kappa shape index (κ2) is 6.92. The first-order valence-electron chi connectivity index (χ1n) is 6.54. The summed E-state index contributed by atoms with van der Waals surface area (Å²) in [6.07, 6.45) is 0.338. The van der Waals surface area contributed by atoms with Gasteiger partial charge in [-0.3, -0.25) is 4.79 Å². The Bertz CT molecular complexity index is 565. The molecule has 1 aromatic carbocycles. The van der Waals surface area contributed by atoms with Crippen molar-refractivity contribution < 1.29 is 14.7 Å². The van der Waals surface area contributed by atoms with Crippen LogP contribution in [-0.2, 0) is 4.79 Å². The lowest BCUT2D eigenvalue weighted by molar-refractivity contribution is -0.117. The molecule has 0 bridgehead atoms. The van der Waals surface area contributed by atoms with Crippen LogP contribution in [0.4, 0.5) is 5.69 Å². The zero-order valence-corrected chi connectivity index (χ0v) is 15.6. The highest BCUT2D eigenvalue weighted by atomic mass is 79.9. The number of hydrogen-bond donors (Lipinski definition) is 2. The molecular formula is C15H19Br2NO3. The predicted octanol–water partition coefficient (Wildman–Crippen LogP) is 4.92. The van der Waals surface area contributed by atoms with Crippen molar-refractivity contribution in [2.45, 2.75) is 34.1 Å². The van der Waals surface area contributed by atoms with Crippen LogP contribution in [0.15, 0.2) is 21.1 Å². The largest absolute Gasteiger partial charge is 0.478 e. The van der Waals surface area contributed by atoms with Crippen LogP contribution in [0.2, 0.25) is 0 Å². The van der Waals surface area contributed by atoms with Gasteiger partial charge < -0.3 is 10.4 Å². The molecule has 0 heterocycles. The van der Waals surface area contributed by atoms with E-state index in [9.17, 15) is 14.7 Å². The van der Waals surface area contributed by atoms with E-state index in [1.807, 2.05) is 6.92 Å². The molecule has 0 saturated heterocycles. The number of anilines is 1. The van der Waals surface area contributed by atoms with Crippen molar-refractivity contribution in [2.24, 2.45) is 11.3 Å². The van der Waals surface area contributed by atoms with Gasteiger partial charge in [-0.25, -0.2) is 4.79 Å². The maximum absolute atomic E-state index is 12.1. The molecule has 21 heavy (non-hydrogen) atoms. The number of halogens is 2. The Morgan fingerprint density at radius 3 is 2.33 bits per heavy atom. The highest BCUT2D eigenvalue weighted by Gasteiger charge is 2.24. The van der Waals surface area contributed by atoms with E-state index in [2.05, 4.69) is 57.9 Å². The molecule has 0 radical (unpaired) electrons. The number of carbonyl (C=O) groups excluding carboxylic acids is 1. The number of hydrogen-bond acceptors (Lipinski definition) is 2. The van der Waals surface area contributed by atoms with E-state index in [0.29, 0.717) is 15.4 Å². The summed E-state index contributed by atoms with van der Waals surface area (Å²) in [6.45, 7) is 8.23. The Kier molecular flexibility index (Phi) is 5.99. The molecule has 0 aromatic heterocycles. The van der Waals surface area contributed by atoms with Gasteiger partial charge in [-0.15, -0.1) is 0 Å². The average Bonchev–Trinajstić information content (AvgIpc) is 2.30. The van der Waals surface area contributed by atoms with Crippen molar-refractivity contribution in [3.8, 4) is 0 Å². The van der Waals surface area contributed by atoms with Gasteiger partial charge >= 0.3 is 5.97 Å². The first-order valence-corrected chi connectivity index (χ1v) is 8.13. The number of nitrogens with one attached hydrogen (secondary N) is 1. The van der Waals surface area contributed by atoms with Gasteiger partial charge in [0, 0.05) is 15.4 Å². The first-order chi connectivity index (χ1) is 9.52. The summed E-state index contributed by atoms with van der Waals surface area (Å²) >= 11 is 6.53. The highest BCUT2D eigenvalue weighted by molar-refractivity contribution is 9.11. The maximum Gasteiger partial charge on any atom is 0.337 e. The van der Waals surface area contributed by atoms with E-state index in [4.69, 9.17) is 0 Å². The summed E-state index contributed by atoms with van der Waals surface area (Å²) in [7, 11) is 0. The van der Waals surface area contributed by atoms with E-state index < -0.39 is 5.97 Å². The summed E-state index contributed by atoms with van der Waals surface area (Å²) in [6, 6.07) is 3.17. The van der Waals surface area contributed by atoms with Crippen molar-refractivity contribution in [1.29, 1.82) is 0 Å². The van der Waals surface area contributed by atoms with Gasteiger partial charge in [-0.05, 0) is 39.4 Å². The minimum atomic E-state index is -1.09. The Labute approximate surface area is 141 Å². The third kappa shape index (κ3) is 5.11. The topological polar surface area (TPSA) is 66.4 Å². The third-order valence-electron chi connectivity index (χ3n) is 3.52. The van der Waals surface area contributed by atoms with Crippen LogP contribution < -0.4 is 5.32 Å².